The molecular weight excluding hydrogens is 178 g/mol. The highest BCUT2D eigenvalue weighted by molar-refractivity contribution is 5.72. The maximum atomic E-state index is 10.6. The summed E-state index contributed by atoms with van der Waals surface area (Å²) in [7, 11) is 1.81. The maximum absolute atomic E-state index is 10.6. The topological polar surface area (TPSA) is 46.9 Å². The molecule has 1 fully saturated rings. The molecule has 1 aromatic heterocycles. The van der Waals surface area contributed by atoms with Crippen molar-refractivity contribution in [2.24, 2.45) is 13.0 Å². The van der Waals surface area contributed by atoms with Crippen molar-refractivity contribution in [3.8, 4) is 0 Å². The molecule has 4 nitrogen and oxygen atoms in total. The summed E-state index contributed by atoms with van der Waals surface area (Å²) in [5.74, 6) is 0.685. The number of aryl methyl sites for hydroxylation is 1. The van der Waals surface area contributed by atoms with E-state index in [1.54, 1.807) is 11.7 Å². The second kappa shape index (κ2) is 3.92. The van der Waals surface area contributed by atoms with Gasteiger partial charge in [-0.2, -0.15) is 5.10 Å². The third-order valence-electron chi connectivity index (χ3n) is 2.75. The quantitative estimate of drug-likeness (QED) is 0.706. The molecule has 0 bridgehead atoms. The molecule has 0 aromatic carbocycles. The summed E-state index contributed by atoms with van der Waals surface area (Å²) >= 11 is 0. The Kier molecular flexibility index (Phi) is 2.63. The lowest BCUT2D eigenvalue weighted by Gasteiger charge is -2.03. The number of hydrogen-bond donors (Lipinski definition) is 1. The van der Waals surface area contributed by atoms with Crippen LogP contribution >= 0.6 is 0 Å². The second-order valence-corrected chi connectivity index (χ2v) is 3.86. The molecule has 0 aliphatic carbocycles. The van der Waals surface area contributed by atoms with E-state index in [0.717, 1.165) is 31.5 Å². The number of aromatic nitrogens is 2. The van der Waals surface area contributed by atoms with Crippen molar-refractivity contribution in [1.29, 1.82) is 0 Å². The average Bonchev–Trinajstić information content (AvgIpc) is 2.76. The number of carbonyl (C=O) groups is 1. The van der Waals surface area contributed by atoms with Gasteiger partial charge in [-0.15, -0.1) is 0 Å². The Labute approximate surface area is 83.3 Å². The van der Waals surface area contributed by atoms with Gasteiger partial charge in [-0.05, 0) is 37.9 Å². The van der Waals surface area contributed by atoms with Crippen LogP contribution < -0.4 is 5.32 Å². The Hall–Kier alpha value is -1.16. The highest BCUT2D eigenvalue weighted by Crippen LogP contribution is 2.14. The Balaban J connectivity index is 2.04. The van der Waals surface area contributed by atoms with E-state index in [0.29, 0.717) is 11.6 Å². The first-order valence-electron chi connectivity index (χ1n) is 4.98. The first-order chi connectivity index (χ1) is 6.79. The van der Waals surface area contributed by atoms with Crippen molar-refractivity contribution in [3.05, 3.63) is 17.5 Å². The molecule has 0 saturated carbocycles. The number of carbonyl (C=O) groups excluding carboxylic acids is 1. The van der Waals surface area contributed by atoms with Crippen LogP contribution in [0.3, 0.4) is 0 Å². The Morgan fingerprint density at radius 2 is 2.64 bits per heavy atom. The number of nitrogens with one attached hydrogen (secondary N) is 1. The van der Waals surface area contributed by atoms with Crippen molar-refractivity contribution in [2.75, 3.05) is 13.1 Å². The van der Waals surface area contributed by atoms with Crippen LogP contribution in [0.5, 0.6) is 0 Å². The van der Waals surface area contributed by atoms with Crippen LogP contribution in [-0.2, 0) is 13.5 Å². The van der Waals surface area contributed by atoms with Gasteiger partial charge >= 0.3 is 0 Å². The zero-order valence-corrected chi connectivity index (χ0v) is 8.36. The highest BCUT2D eigenvalue weighted by atomic mass is 16.1. The fourth-order valence-corrected chi connectivity index (χ4v) is 1.94. The Bertz CT molecular complexity index is 326. The lowest BCUT2D eigenvalue weighted by Crippen LogP contribution is -2.11. The molecule has 1 atom stereocenters. The van der Waals surface area contributed by atoms with E-state index in [-0.39, 0.29) is 0 Å². The summed E-state index contributed by atoms with van der Waals surface area (Å²) in [4.78, 5) is 10.6. The summed E-state index contributed by atoms with van der Waals surface area (Å²) < 4.78 is 1.64. The molecule has 2 heterocycles. The van der Waals surface area contributed by atoms with Gasteiger partial charge in [-0.1, -0.05) is 0 Å². The molecule has 14 heavy (non-hydrogen) atoms. The maximum Gasteiger partial charge on any atom is 0.168 e. The van der Waals surface area contributed by atoms with Gasteiger partial charge in [-0.25, -0.2) is 0 Å². The number of nitrogens with zero attached hydrogens (tertiary/aromatic N) is 2. The first kappa shape index (κ1) is 9.40. The molecule has 4 heteroatoms. The van der Waals surface area contributed by atoms with Gasteiger partial charge in [0.1, 0.15) is 5.69 Å². The summed E-state index contributed by atoms with van der Waals surface area (Å²) in [6.07, 6.45) is 3.05. The average molecular weight is 193 g/mol. The predicted octanol–water partition coefficient (Wildman–Crippen LogP) is 0.385. The van der Waals surface area contributed by atoms with E-state index in [4.69, 9.17) is 0 Å². The molecule has 1 aliphatic rings. The zero-order valence-electron chi connectivity index (χ0n) is 8.36. The minimum absolute atomic E-state index is 0.658. The van der Waals surface area contributed by atoms with Gasteiger partial charge in [0.15, 0.2) is 6.29 Å². The predicted molar refractivity (Wildman–Crippen MR) is 53.3 cm³/mol. The van der Waals surface area contributed by atoms with Crippen LogP contribution in [0, 0.1) is 5.92 Å². The van der Waals surface area contributed by atoms with E-state index in [1.165, 1.54) is 6.42 Å². The van der Waals surface area contributed by atoms with Crippen molar-refractivity contribution in [1.82, 2.24) is 15.1 Å². The van der Waals surface area contributed by atoms with E-state index >= 15 is 0 Å². The molecule has 0 spiro atoms. The van der Waals surface area contributed by atoms with Crippen molar-refractivity contribution < 1.29 is 4.79 Å². The van der Waals surface area contributed by atoms with Gasteiger partial charge in [-0.3, -0.25) is 9.48 Å². The van der Waals surface area contributed by atoms with Crippen molar-refractivity contribution in [2.45, 2.75) is 12.8 Å². The lowest BCUT2D eigenvalue weighted by molar-refractivity contribution is 0.111. The molecule has 1 aliphatic heterocycles. The molecule has 0 radical (unpaired) electrons. The van der Waals surface area contributed by atoms with Crippen LogP contribution in [0.1, 0.15) is 22.6 Å². The SMILES string of the molecule is Cn1nc(CC2CCNC2)cc1C=O. The molecule has 1 aromatic rings. The van der Waals surface area contributed by atoms with Crippen LogP contribution in [0.25, 0.3) is 0 Å². The van der Waals surface area contributed by atoms with Crippen molar-refractivity contribution in [3.63, 3.8) is 0 Å². The van der Waals surface area contributed by atoms with Crippen molar-refractivity contribution >= 4 is 6.29 Å². The van der Waals surface area contributed by atoms with Gasteiger partial charge < -0.3 is 5.32 Å². The van der Waals surface area contributed by atoms with E-state index in [2.05, 4.69) is 10.4 Å². The summed E-state index contributed by atoms with van der Waals surface area (Å²) in [5, 5.41) is 7.63. The molecular formula is C10H15N3O. The molecule has 1 N–H and O–H groups in total. The second-order valence-electron chi connectivity index (χ2n) is 3.86. The van der Waals surface area contributed by atoms with Gasteiger partial charge in [0.2, 0.25) is 0 Å². The number of aldehydes is 1. The summed E-state index contributed by atoms with van der Waals surface area (Å²) in [6, 6.07) is 1.88. The normalized spacial score (nSPS) is 21.4. The fourth-order valence-electron chi connectivity index (χ4n) is 1.94. The Morgan fingerprint density at radius 3 is 3.21 bits per heavy atom. The lowest BCUT2D eigenvalue weighted by atomic mass is 10.0. The van der Waals surface area contributed by atoms with Crippen LogP contribution in [0.2, 0.25) is 0 Å². The molecule has 76 valence electrons. The summed E-state index contributed by atoms with van der Waals surface area (Å²) in [5.41, 5.74) is 1.69. The third kappa shape index (κ3) is 1.85. The van der Waals surface area contributed by atoms with E-state index in [9.17, 15) is 4.79 Å². The first-order valence-corrected chi connectivity index (χ1v) is 4.98. The van der Waals surface area contributed by atoms with Gasteiger partial charge in [0.25, 0.3) is 0 Å². The monoisotopic (exact) mass is 193 g/mol. The van der Waals surface area contributed by atoms with Gasteiger partial charge in [0.05, 0.1) is 5.69 Å². The largest absolute Gasteiger partial charge is 0.316 e. The fraction of sp³-hybridized carbons (Fsp3) is 0.600. The molecule has 0 amide bonds. The van der Waals surface area contributed by atoms with Crippen LogP contribution in [0.15, 0.2) is 6.07 Å². The number of hydrogen-bond acceptors (Lipinski definition) is 3. The molecule has 1 unspecified atom stereocenters. The smallest absolute Gasteiger partial charge is 0.168 e. The Morgan fingerprint density at radius 1 is 1.79 bits per heavy atom. The zero-order chi connectivity index (χ0) is 9.97. The van der Waals surface area contributed by atoms with Gasteiger partial charge in [0, 0.05) is 7.05 Å². The highest BCUT2D eigenvalue weighted by Gasteiger charge is 2.16. The summed E-state index contributed by atoms with van der Waals surface area (Å²) in [6.45, 7) is 2.19. The number of rotatable bonds is 3. The molecule has 2 rings (SSSR count). The standard InChI is InChI=1S/C10H15N3O/c1-13-10(7-14)5-9(12-13)4-8-2-3-11-6-8/h5,7-8,11H,2-4,6H2,1H3. The van der Waals surface area contributed by atoms with Crippen LogP contribution in [0.4, 0.5) is 0 Å². The third-order valence-corrected chi connectivity index (χ3v) is 2.75. The minimum Gasteiger partial charge on any atom is -0.316 e. The van der Waals surface area contributed by atoms with E-state index < -0.39 is 0 Å². The van der Waals surface area contributed by atoms with Crippen LogP contribution in [-0.4, -0.2) is 29.2 Å². The van der Waals surface area contributed by atoms with E-state index in [1.807, 2.05) is 6.07 Å². The minimum atomic E-state index is 0.658. The molecule has 1 saturated heterocycles.